The van der Waals surface area contributed by atoms with Gasteiger partial charge < -0.3 is 15.7 Å². The number of benzene rings is 1. The summed E-state index contributed by atoms with van der Waals surface area (Å²) < 4.78 is 39.4. The lowest BCUT2D eigenvalue weighted by Crippen LogP contribution is -2.23. The smallest absolute Gasteiger partial charge is 0.394 e. The predicted molar refractivity (Wildman–Crippen MR) is 71.9 cm³/mol. The second kappa shape index (κ2) is 5.79. The molecule has 3 N–H and O–H groups in total. The maximum Gasteiger partial charge on any atom is 0.416 e. The van der Waals surface area contributed by atoms with Gasteiger partial charge in [0, 0.05) is 13.1 Å². The second-order valence-electron chi connectivity index (χ2n) is 4.87. The lowest BCUT2D eigenvalue weighted by atomic mass is 9.99. The van der Waals surface area contributed by atoms with Crippen LogP contribution in [0.25, 0.3) is 0 Å². The highest BCUT2D eigenvalue weighted by Gasteiger charge is 2.36. The third kappa shape index (κ3) is 3.02. The van der Waals surface area contributed by atoms with E-state index in [1.165, 1.54) is 6.07 Å². The van der Waals surface area contributed by atoms with E-state index in [-0.39, 0.29) is 10.6 Å². The number of hydrogen-bond donors (Lipinski definition) is 2. The topological polar surface area (TPSA) is 49.5 Å². The number of hydrogen-bond acceptors (Lipinski definition) is 3. The van der Waals surface area contributed by atoms with E-state index in [0.29, 0.717) is 18.8 Å². The molecule has 112 valence electrons. The molecule has 0 aromatic heterocycles. The number of nitrogens with two attached hydrogens (primary N) is 1. The maximum absolute atomic E-state index is 13.1. The number of aliphatic hydroxyl groups excluding tert-OH is 1. The number of rotatable bonds is 3. The van der Waals surface area contributed by atoms with Gasteiger partial charge in [-0.15, -0.1) is 0 Å². The average molecular weight is 309 g/mol. The summed E-state index contributed by atoms with van der Waals surface area (Å²) in [7, 11) is 0. The SMILES string of the molecule is N[C@@H](CO)c1cc(Cl)c(N2CCCC2)cc1C(F)(F)F. The Morgan fingerprint density at radius 1 is 1.30 bits per heavy atom. The van der Waals surface area contributed by atoms with Gasteiger partial charge in [-0.25, -0.2) is 0 Å². The molecule has 0 saturated carbocycles. The molecule has 20 heavy (non-hydrogen) atoms. The highest BCUT2D eigenvalue weighted by atomic mass is 35.5. The molecule has 2 rings (SSSR count). The molecule has 3 nitrogen and oxygen atoms in total. The summed E-state index contributed by atoms with van der Waals surface area (Å²) in [4.78, 5) is 1.84. The molecule has 0 amide bonds. The van der Waals surface area contributed by atoms with Crippen LogP contribution in [0.3, 0.4) is 0 Å². The van der Waals surface area contributed by atoms with E-state index in [4.69, 9.17) is 22.4 Å². The first-order valence-corrected chi connectivity index (χ1v) is 6.74. The van der Waals surface area contributed by atoms with Gasteiger partial charge in [0.2, 0.25) is 0 Å². The number of aliphatic hydroxyl groups is 1. The minimum Gasteiger partial charge on any atom is -0.394 e. The van der Waals surface area contributed by atoms with Gasteiger partial charge in [-0.1, -0.05) is 11.6 Å². The highest BCUT2D eigenvalue weighted by molar-refractivity contribution is 6.33. The van der Waals surface area contributed by atoms with Gasteiger partial charge in [0.05, 0.1) is 28.9 Å². The van der Waals surface area contributed by atoms with E-state index in [1.54, 1.807) is 0 Å². The molecule has 1 aromatic carbocycles. The Morgan fingerprint density at radius 3 is 2.40 bits per heavy atom. The van der Waals surface area contributed by atoms with E-state index >= 15 is 0 Å². The molecule has 1 aromatic rings. The first-order chi connectivity index (χ1) is 9.34. The van der Waals surface area contributed by atoms with E-state index in [0.717, 1.165) is 18.9 Å². The summed E-state index contributed by atoms with van der Waals surface area (Å²) in [5.74, 6) is 0. The zero-order valence-corrected chi connectivity index (χ0v) is 11.5. The van der Waals surface area contributed by atoms with Gasteiger partial charge in [-0.2, -0.15) is 13.2 Å². The Balaban J connectivity index is 2.52. The lowest BCUT2D eigenvalue weighted by molar-refractivity contribution is -0.138. The van der Waals surface area contributed by atoms with E-state index in [9.17, 15) is 13.2 Å². The van der Waals surface area contributed by atoms with Crippen LogP contribution >= 0.6 is 11.6 Å². The van der Waals surface area contributed by atoms with Crippen molar-refractivity contribution in [1.82, 2.24) is 0 Å². The second-order valence-corrected chi connectivity index (χ2v) is 5.28. The van der Waals surface area contributed by atoms with Crippen LogP contribution in [0, 0.1) is 0 Å². The Bertz CT molecular complexity index is 487. The van der Waals surface area contributed by atoms with Gasteiger partial charge in [0.1, 0.15) is 0 Å². The fourth-order valence-electron chi connectivity index (χ4n) is 2.43. The standard InChI is InChI=1S/C13H16ClF3N2O/c14-10-5-8(11(18)7-20)9(13(15,16)17)6-12(10)19-3-1-2-4-19/h5-6,11,20H,1-4,7,18H2/t11-/m0/s1. The van der Waals surface area contributed by atoms with Crippen LogP contribution < -0.4 is 10.6 Å². The first-order valence-electron chi connectivity index (χ1n) is 6.36. The number of halogens is 4. The van der Waals surface area contributed by atoms with Gasteiger partial charge in [-0.05, 0) is 30.5 Å². The Hall–Kier alpha value is -0.980. The normalized spacial score (nSPS) is 17.6. The molecule has 1 saturated heterocycles. The van der Waals surface area contributed by atoms with Crippen molar-refractivity contribution in [2.45, 2.75) is 25.1 Å². The molecule has 0 spiro atoms. The summed E-state index contributed by atoms with van der Waals surface area (Å²) in [6.45, 7) is 0.827. The molecule has 1 aliphatic rings. The average Bonchev–Trinajstić information content (AvgIpc) is 2.89. The van der Waals surface area contributed by atoms with Crippen molar-refractivity contribution in [3.05, 3.63) is 28.3 Å². The van der Waals surface area contributed by atoms with Crippen molar-refractivity contribution in [3.8, 4) is 0 Å². The van der Waals surface area contributed by atoms with Crippen molar-refractivity contribution in [2.24, 2.45) is 5.73 Å². The summed E-state index contributed by atoms with van der Waals surface area (Å²) in [6.07, 6.45) is -2.65. The quantitative estimate of drug-likeness (QED) is 0.902. The van der Waals surface area contributed by atoms with Crippen LogP contribution in [-0.4, -0.2) is 24.8 Å². The minimum absolute atomic E-state index is 0.173. The molecule has 1 atom stereocenters. The fraction of sp³-hybridized carbons (Fsp3) is 0.538. The molecule has 0 bridgehead atoms. The molecule has 1 fully saturated rings. The van der Waals surface area contributed by atoms with Crippen molar-refractivity contribution in [3.63, 3.8) is 0 Å². The van der Waals surface area contributed by atoms with Crippen molar-refractivity contribution in [2.75, 3.05) is 24.6 Å². The summed E-state index contributed by atoms with van der Waals surface area (Å²) >= 11 is 6.09. The molecule has 7 heteroatoms. The molecule has 0 unspecified atom stereocenters. The largest absolute Gasteiger partial charge is 0.416 e. The van der Waals surface area contributed by atoms with Crippen LogP contribution in [0.2, 0.25) is 5.02 Å². The van der Waals surface area contributed by atoms with Gasteiger partial charge in [-0.3, -0.25) is 0 Å². The number of nitrogens with zero attached hydrogens (tertiary/aromatic N) is 1. The molecule has 1 aliphatic heterocycles. The molecule has 1 heterocycles. The monoisotopic (exact) mass is 308 g/mol. The third-order valence-corrected chi connectivity index (χ3v) is 3.77. The summed E-state index contributed by atoms with van der Waals surface area (Å²) in [5, 5.41) is 9.24. The Labute approximate surface area is 120 Å². The predicted octanol–water partition coefficient (Wildman–Crippen LogP) is 2.95. The minimum atomic E-state index is -4.53. The first kappa shape index (κ1) is 15.4. The third-order valence-electron chi connectivity index (χ3n) is 3.47. The van der Waals surface area contributed by atoms with Crippen LogP contribution in [0.1, 0.15) is 30.0 Å². The van der Waals surface area contributed by atoms with Crippen molar-refractivity contribution < 1.29 is 18.3 Å². The lowest BCUT2D eigenvalue weighted by Gasteiger charge is -2.24. The van der Waals surface area contributed by atoms with Gasteiger partial charge >= 0.3 is 6.18 Å². The van der Waals surface area contributed by atoms with Crippen LogP contribution in [0.15, 0.2) is 12.1 Å². The van der Waals surface area contributed by atoms with Crippen molar-refractivity contribution >= 4 is 17.3 Å². The van der Waals surface area contributed by atoms with Gasteiger partial charge in [0.15, 0.2) is 0 Å². The van der Waals surface area contributed by atoms with Crippen LogP contribution in [0.4, 0.5) is 18.9 Å². The molecule has 0 aliphatic carbocycles. The van der Waals surface area contributed by atoms with Gasteiger partial charge in [0.25, 0.3) is 0 Å². The maximum atomic E-state index is 13.1. The zero-order valence-electron chi connectivity index (χ0n) is 10.8. The summed E-state index contributed by atoms with van der Waals surface area (Å²) in [6, 6.07) is 1.16. The van der Waals surface area contributed by atoms with E-state index in [1.807, 2.05) is 4.90 Å². The highest BCUT2D eigenvalue weighted by Crippen LogP contribution is 2.40. The van der Waals surface area contributed by atoms with E-state index in [2.05, 4.69) is 0 Å². The molecule has 0 radical (unpaired) electrons. The number of alkyl halides is 3. The summed E-state index contributed by atoms with van der Waals surface area (Å²) in [5.41, 5.74) is 4.92. The van der Waals surface area contributed by atoms with Crippen LogP contribution in [-0.2, 0) is 6.18 Å². The van der Waals surface area contributed by atoms with E-state index < -0.39 is 24.4 Å². The molecular weight excluding hydrogens is 293 g/mol. The fourth-order valence-corrected chi connectivity index (χ4v) is 2.72. The number of anilines is 1. The molecular formula is C13H16ClF3N2O. The van der Waals surface area contributed by atoms with Crippen LogP contribution in [0.5, 0.6) is 0 Å². The Kier molecular flexibility index (Phi) is 4.46. The van der Waals surface area contributed by atoms with Crippen molar-refractivity contribution in [1.29, 1.82) is 0 Å². The zero-order chi connectivity index (χ0) is 14.9. The Morgan fingerprint density at radius 2 is 1.90 bits per heavy atom.